The van der Waals surface area contributed by atoms with E-state index in [1.54, 1.807) is 13.8 Å². The van der Waals surface area contributed by atoms with Gasteiger partial charge < -0.3 is 89.1 Å². The Hall–Kier alpha value is -7.78. The Morgan fingerprint density at radius 2 is 1.26 bits per heavy atom. The Morgan fingerprint density at radius 1 is 0.727 bits per heavy atom. The molecule has 0 radical (unpaired) electrons. The van der Waals surface area contributed by atoms with Crippen molar-refractivity contribution in [3.05, 3.63) is 59.7 Å². The number of nitrogens with two attached hydrogens (primary N) is 2. The molecule has 10 amide bonds. The predicted octanol–water partition coefficient (Wildman–Crippen LogP) is -3.37. The molecule has 2 fully saturated rings. The number of aliphatic carboxylic acids is 2. The number of carboxylic acid groups (broad SMARTS) is 2. The molecule has 0 bridgehead atoms. The van der Waals surface area contributed by atoms with Gasteiger partial charge in [-0.1, -0.05) is 73.5 Å². The molecule has 2 aliphatic heterocycles. The number of primary amides is 1. The van der Waals surface area contributed by atoms with Gasteiger partial charge >= 0.3 is 11.9 Å². The molecule has 486 valence electrons. The normalized spacial score (nSPS) is 23.6. The fourth-order valence-electron chi connectivity index (χ4n) is 9.57. The lowest BCUT2D eigenvalue weighted by Gasteiger charge is -2.33. The number of hydrogen-bond donors (Lipinski definition) is 16. The summed E-state index contributed by atoms with van der Waals surface area (Å²) < 4.78 is 0. The number of amides is 10. The molecule has 18 N–H and O–H groups in total. The minimum atomic E-state index is -1.99. The maximum atomic E-state index is 14.8. The number of likely N-dealkylation sites (tertiary alicyclic amines) is 1. The highest BCUT2D eigenvalue weighted by Crippen LogP contribution is 2.26. The average Bonchev–Trinajstić information content (AvgIpc) is 2.61. The number of carbonyl (C=O) groups is 12. The van der Waals surface area contributed by atoms with Crippen LogP contribution in [0.2, 0.25) is 0 Å². The summed E-state index contributed by atoms with van der Waals surface area (Å²) >= 11 is 0. The lowest BCUT2D eigenvalue weighted by Crippen LogP contribution is -2.62. The molecule has 88 heavy (non-hydrogen) atoms. The Bertz CT molecular complexity index is 2800. The molecule has 0 saturated carbocycles. The van der Waals surface area contributed by atoms with E-state index in [4.69, 9.17) is 11.5 Å². The third-order valence-corrected chi connectivity index (χ3v) is 16.6. The highest BCUT2D eigenvalue weighted by Gasteiger charge is 2.41. The summed E-state index contributed by atoms with van der Waals surface area (Å²) in [6.07, 6.45) is -5.46. The van der Waals surface area contributed by atoms with Crippen LogP contribution in [0, 0.1) is 11.8 Å². The number of nitrogens with one attached hydrogen (secondary N) is 8. The molecule has 30 nitrogen and oxygen atoms in total. The van der Waals surface area contributed by atoms with E-state index in [2.05, 4.69) is 42.5 Å². The second-order valence-corrected chi connectivity index (χ2v) is 25.0. The van der Waals surface area contributed by atoms with Crippen molar-refractivity contribution in [2.45, 2.75) is 159 Å². The number of β-amino-alcohol motifs (C(OH)–C–C–N with tert-alkyl or cyclic N) is 1. The molecule has 2 aliphatic rings. The molecular weight excluding hydrogens is 1190 g/mol. The van der Waals surface area contributed by atoms with Gasteiger partial charge in [-0.3, -0.25) is 62.9 Å². The number of aliphatic hydroxyl groups excluding tert-OH is 2. The molecule has 2 aromatic rings. The standard InChI is InChI=1S/C56H82N12O18S2/c1-27(2)18-34(57)55(85)68-17-7-8-41(68)52(82)64-39-25-87-88-26-40(56(86)67(6)42(19-28(3)4)53(83)60-35(47(58)77)22-44(73)74)65-54(84)46(29(5)69)66-43(72)24-59-48(78)36(20-30-9-13-32(70)14-10-30)61-49(79)37(21-31-11-15-33(71)16-12-31)62-50(80)38(23-45(75)76)63-51(39)81/h9-16,27-29,34-43,46,66,69-72H,7-8,17-26,57H2,1-6H3,(H2,58,77)(H,59,78)(H,60,83)(H,61,79)(H,62,80)(H,63,81)(H,64,82)(H,65,84)(H,73,74)(H,75,76)/t29?,34-,35-,36-,37-,38-,39-,40-,41-,42-,43+,46-/m0/s1. The van der Waals surface area contributed by atoms with Crippen LogP contribution in [0.3, 0.4) is 0 Å². The van der Waals surface area contributed by atoms with Crippen LogP contribution in [0.25, 0.3) is 0 Å². The van der Waals surface area contributed by atoms with Crippen LogP contribution >= 0.6 is 21.6 Å². The summed E-state index contributed by atoms with van der Waals surface area (Å²) in [7, 11) is 2.82. The number of likely N-dealkylation sites (N-methyl/N-ethyl adjacent to an activating group) is 1. The Morgan fingerprint density at radius 3 is 1.78 bits per heavy atom. The Kier molecular flexibility index (Phi) is 28.6. The summed E-state index contributed by atoms with van der Waals surface area (Å²) in [6.45, 7) is 7.70. The first-order valence-corrected chi connectivity index (χ1v) is 30.9. The minimum Gasteiger partial charge on any atom is -0.508 e. The lowest BCUT2D eigenvalue weighted by atomic mass is 10.0. The molecule has 2 aromatic carbocycles. The van der Waals surface area contributed by atoms with Gasteiger partial charge in [0.05, 0.1) is 31.5 Å². The van der Waals surface area contributed by atoms with Crippen LogP contribution in [0.15, 0.2) is 48.5 Å². The van der Waals surface area contributed by atoms with E-state index in [1.807, 2.05) is 13.8 Å². The summed E-state index contributed by atoms with van der Waals surface area (Å²) in [5.41, 5.74) is 12.4. The highest BCUT2D eigenvalue weighted by molar-refractivity contribution is 8.76. The highest BCUT2D eigenvalue weighted by atomic mass is 33.1. The molecule has 4 rings (SSSR count). The molecule has 0 aromatic heterocycles. The summed E-state index contributed by atoms with van der Waals surface area (Å²) in [6, 6.07) is -4.73. The minimum absolute atomic E-state index is 0.00973. The second-order valence-electron chi connectivity index (χ2n) is 22.4. The number of carbonyl (C=O) groups excluding carboxylic acids is 10. The van der Waals surface area contributed by atoms with Crippen LogP contribution in [-0.4, -0.2) is 216 Å². The largest absolute Gasteiger partial charge is 0.508 e. The van der Waals surface area contributed by atoms with Crippen LogP contribution in [0.1, 0.15) is 84.3 Å². The van der Waals surface area contributed by atoms with Crippen LogP contribution in [0.4, 0.5) is 0 Å². The number of aromatic hydroxyl groups is 2. The van der Waals surface area contributed by atoms with Gasteiger partial charge in [0.15, 0.2) is 0 Å². The smallest absolute Gasteiger partial charge is 0.305 e. The van der Waals surface area contributed by atoms with Crippen molar-refractivity contribution in [1.82, 2.24) is 52.3 Å². The summed E-state index contributed by atoms with van der Waals surface area (Å²) in [4.78, 5) is 167. The summed E-state index contributed by atoms with van der Waals surface area (Å²) in [5, 5.41) is 81.6. The molecule has 0 spiro atoms. The van der Waals surface area contributed by atoms with Crippen LogP contribution in [0.5, 0.6) is 11.5 Å². The van der Waals surface area contributed by atoms with Gasteiger partial charge in [-0.25, -0.2) is 0 Å². The summed E-state index contributed by atoms with van der Waals surface area (Å²) in [5.74, 6) is -14.6. The first-order chi connectivity index (χ1) is 41.3. The molecule has 0 aliphatic carbocycles. The molecular formula is C56H82N12O18S2. The number of nitrogens with zero attached hydrogens (tertiary/aromatic N) is 2. The topological polar surface area (TPSA) is 481 Å². The number of phenolic OH excluding ortho intramolecular Hbond substituents is 2. The lowest BCUT2D eigenvalue weighted by molar-refractivity contribution is -0.144. The molecule has 2 heterocycles. The maximum Gasteiger partial charge on any atom is 0.305 e. The van der Waals surface area contributed by atoms with Crippen molar-refractivity contribution in [3.8, 4) is 11.5 Å². The molecule has 12 atom stereocenters. The van der Waals surface area contributed by atoms with E-state index in [0.717, 1.165) is 33.4 Å². The fourth-order valence-corrected chi connectivity index (χ4v) is 11.9. The van der Waals surface area contributed by atoms with Crippen molar-refractivity contribution in [1.29, 1.82) is 0 Å². The zero-order valence-corrected chi connectivity index (χ0v) is 51.3. The first kappa shape index (κ1) is 72.7. The van der Waals surface area contributed by atoms with E-state index >= 15 is 0 Å². The Labute approximate surface area is 515 Å². The monoisotopic (exact) mass is 1270 g/mol. The van der Waals surface area contributed by atoms with Gasteiger partial charge in [0.25, 0.3) is 0 Å². The number of hydrogen-bond acceptors (Lipinski definition) is 20. The fraction of sp³-hybridized carbons (Fsp3) is 0.571. The van der Waals surface area contributed by atoms with Gasteiger partial charge in [-0.2, -0.15) is 0 Å². The number of benzene rings is 2. The molecule has 1 unspecified atom stereocenters. The van der Waals surface area contributed by atoms with Crippen molar-refractivity contribution in [3.63, 3.8) is 0 Å². The Balaban J connectivity index is 1.86. The molecule has 2 saturated heterocycles. The first-order valence-electron chi connectivity index (χ1n) is 28.4. The van der Waals surface area contributed by atoms with E-state index in [-0.39, 0.29) is 62.0 Å². The van der Waals surface area contributed by atoms with E-state index in [9.17, 15) is 88.2 Å². The third kappa shape index (κ3) is 23.1. The van der Waals surface area contributed by atoms with Crippen LogP contribution in [-0.2, 0) is 70.4 Å². The van der Waals surface area contributed by atoms with Gasteiger partial charge in [-0.15, -0.1) is 0 Å². The van der Waals surface area contributed by atoms with Gasteiger partial charge in [0.2, 0.25) is 59.1 Å². The quantitative estimate of drug-likeness (QED) is 0.0543. The van der Waals surface area contributed by atoms with Crippen molar-refractivity contribution in [2.75, 3.05) is 31.6 Å². The van der Waals surface area contributed by atoms with Gasteiger partial charge in [-0.05, 0) is 79.8 Å². The SMILES string of the molecule is CC(C)C[C@H](N)C(=O)N1CCC[C@H]1C(=O)N[C@H]1CSSC[C@@H](C(=O)N(C)[C@@H](CC(C)C)C(=O)N[C@@H](CC(=O)O)C(N)=O)NC(=O)[C@H](C(C)O)N[C@H](O)CNC(=O)[C@H](Cc2ccc(O)cc2)NC(=O)[C@H](Cc2ccc(O)cc2)NC(=O)[C@H](CC(=O)O)NC1=O. The van der Waals surface area contributed by atoms with Gasteiger partial charge in [0.1, 0.15) is 72.1 Å². The van der Waals surface area contributed by atoms with Crippen molar-refractivity contribution >= 4 is 92.6 Å². The van der Waals surface area contributed by atoms with Crippen molar-refractivity contribution < 1.29 is 88.2 Å². The number of phenols is 2. The molecule has 32 heteroatoms. The number of aliphatic hydroxyl groups is 2. The van der Waals surface area contributed by atoms with E-state index < -0.39 is 175 Å². The zero-order chi connectivity index (χ0) is 65.7. The van der Waals surface area contributed by atoms with Crippen molar-refractivity contribution in [2.24, 2.45) is 23.3 Å². The third-order valence-electron chi connectivity index (χ3n) is 14.2. The average molecular weight is 1280 g/mol. The van der Waals surface area contributed by atoms with E-state index in [0.29, 0.717) is 17.5 Å². The maximum absolute atomic E-state index is 14.8. The number of rotatable bonds is 21. The number of carboxylic acids is 2. The predicted molar refractivity (Wildman–Crippen MR) is 320 cm³/mol. The second kappa shape index (κ2) is 34.7. The van der Waals surface area contributed by atoms with Gasteiger partial charge in [0, 0.05) is 37.9 Å². The van der Waals surface area contributed by atoms with Crippen LogP contribution < -0.4 is 54.0 Å². The van der Waals surface area contributed by atoms with E-state index in [1.165, 1.54) is 60.5 Å². The zero-order valence-electron chi connectivity index (χ0n) is 49.6.